The number of benzene rings is 1. The molecule has 1 aliphatic heterocycles. The maximum absolute atomic E-state index is 4.43. The van der Waals surface area contributed by atoms with E-state index in [0.717, 1.165) is 45.0 Å². The van der Waals surface area contributed by atoms with E-state index in [0.29, 0.717) is 12.0 Å². The van der Waals surface area contributed by atoms with Crippen molar-refractivity contribution in [3.8, 4) is 0 Å². The van der Waals surface area contributed by atoms with E-state index in [-0.39, 0.29) is 24.0 Å². The molecule has 2 unspecified atom stereocenters. The molecule has 0 aromatic heterocycles. The number of guanidine groups is 1. The van der Waals surface area contributed by atoms with Crippen LogP contribution in [-0.4, -0.2) is 55.5 Å². The molecule has 1 aromatic carbocycles. The molecule has 1 heterocycles. The lowest BCUT2D eigenvalue weighted by atomic mass is 10.1. The first-order valence-electron chi connectivity index (χ1n) is 9.44. The van der Waals surface area contributed by atoms with Crippen LogP contribution in [0.5, 0.6) is 0 Å². The first-order valence-corrected chi connectivity index (χ1v) is 9.44. The van der Waals surface area contributed by atoms with E-state index in [9.17, 15) is 0 Å². The van der Waals surface area contributed by atoms with Crippen molar-refractivity contribution in [2.24, 2.45) is 10.9 Å². The number of aliphatic imine (C=N–C) groups is 1. The van der Waals surface area contributed by atoms with Crippen LogP contribution in [0, 0.1) is 5.92 Å². The van der Waals surface area contributed by atoms with Gasteiger partial charge < -0.3 is 10.2 Å². The van der Waals surface area contributed by atoms with Gasteiger partial charge in [0.05, 0.1) is 0 Å². The molecule has 1 fully saturated rings. The van der Waals surface area contributed by atoms with Gasteiger partial charge in [-0.1, -0.05) is 36.4 Å². The Morgan fingerprint density at radius 2 is 2.12 bits per heavy atom. The summed E-state index contributed by atoms with van der Waals surface area (Å²) in [7, 11) is 3.97. The normalized spacial score (nSPS) is 20.5. The Morgan fingerprint density at radius 3 is 2.77 bits per heavy atom. The van der Waals surface area contributed by atoms with Gasteiger partial charge in [0.2, 0.25) is 0 Å². The summed E-state index contributed by atoms with van der Waals surface area (Å²) in [6.07, 6.45) is 5.39. The molecule has 0 saturated carbocycles. The molecule has 4 nitrogen and oxygen atoms in total. The van der Waals surface area contributed by atoms with Crippen molar-refractivity contribution in [2.75, 3.05) is 33.7 Å². The van der Waals surface area contributed by atoms with Crippen LogP contribution in [0.25, 0.3) is 0 Å². The van der Waals surface area contributed by atoms with Gasteiger partial charge in [0.15, 0.2) is 5.96 Å². The van der Waals surface area contributed by atoms with E-state index in [1.54, 1.807) is 0 Å². The van der Waals surface area contributed by atoms with Crippen molar-refractivity contribution >= 4 is 29.9 Å². The monoisotopic (exact) mass is 470 g/mol. The number of halogens is 1. The third kappa shape index (κ3) is 7.27. The molecular weight excluding hydrogens is 435 g/mol. The zero-order chi connectivity index (χ0) is 18.1. The average molecular weight is 470 g/mol. The minimum absolute atomic E-state index is 0. The molecule has 0 bridgehead atoms. The molecule has 146 valence electrons. The Kier molecular flexibility index (Phi) is 10.9. The van der Waals surface area contributed by atoms with Crippen LogP contribution in [0.15, 0.2) is 48.0 Å². The SMILES string of the molecule is C=CCCCN(C)C(=NC)NCC1CC(C)N(Cc2ccccc2)C1.I. The molecule has 0 amide bonds. The Morgan fingerprint density at radius 1 is 1.38 bits per heavy atom. The standard InChI is InChI=1S/C21H34N4.HI/c1-5-6-10-13-24(4)21(22-3)23-15-20-14-18(2)25(17-20)16-19-11-8-7-9-12-19;/h5,7-9,11-12,18,20H,1,6,10,13-17H2,2-4H3,(H,22,23);1H. The number of nitrogens with one attached hydrogen (secondary N) is 1. The van der Waals surface area contributed by atoms with Gasteiger partial charge in [-0.05, 0) is 37.7 Å². The zero-order valence-electron chi connectivity index (χ0n) is 16.5. The maximum atomic E-state index is 4.43. The van der Waals surface area contributed by atoms with Crippen LogP contribution >= 0.6 is 24.0 Å². The van der Waals surface area contributed by atoms with E-state index in [4.69, 9.17) is 0 Å². The Labute approximate surface area is 176 Å². The number of hydrogen-bond acceptors (Lipinski definition) is 2. The van der Waals surface area contributed by atoms with Crippen LogP contribution in [0.2, 0.25) is 0 Å². The van der Waals surface area contributed by atoms with Gasteiger partial charge >= 0.3 is 0 Å². The summed E-state index contributed by atoms with van der Waals surface area (Å²) >= 11 is 0. The highest BCUT2D eigenvalue weighted by Gasteiger charge is 2.29. The summed E-state index contributed by atoms with van der Waals surface area (Å²) in [6, 6.07) is 11.4. The Hall–Kier alpha value is -1.08. The molecule has 1 saturated heterocycles. The number of likely N-dealkylation sites (tertiary alicyclic amines) is 1. The summed E-state index contributed by atoms with van der Waals surface area (Å²) in [5.41, 5.74) is 1.40. The Balaban J connectivity index is 0.00000338. The number of allylic oxidation sites excluding steroid dienone is 1. The predicted octanol–water partition coefficient (Wildman–Crippen LogP) is 3.99. The van der Waals surface area contributed by atoms with Crippen LogP contribution in [0.1, 0.15) is 31.7 Å². The molecule has 0 radical (unpaired) electrons. The average Bonchev–Trinajstić information content (AvgIpc) is 2.96. The van der Waals surface area contributed by atoms with Crippen LogP contribution < -0.4 is 5.32 Å². The molecule has 2 atom stereocenters. The topological polar surface area (TPSA) is 30.9 Å². The van der Waals surface area contributed by atoms with Crippen LogP contribution in [0.3, 0.4) is 0 Å². The largest absolute Gasteiger partial charge is 0.356 e. The zero-order valence-corrected chi connectivity index (χ0v) is 18.9. The minimum Gasteiger partial charge on any atom is -0.356 e. The molecule has 0 spiro atoms. The number of unbranched alkanes of at least 4 members (excludes halogenated alkanes) is 1. The molecular formula is C21H35IN4. The van der Waals surface area contributed by atoms with Gasteiger partial charge in [-0.3, -0.25) is 9.89 Å². The second-order valence-corrected chi connectivity index (χ2v) is 7.15. The van der Waals surface area contributed by atoms with Crippen molar-refractivity contribution in [3.63, 3.8) is 0 Å². The van der Waals surface area contributed by atoms with Crippen molar-refractivity contribution in [2.45, 2.75) is 38.8 Å². The summed E-state index contributed by atoms with van der Waals surface area (Å²) in [5.74, 6) is 1.68. The molecule has 1 N–H and O–H groups in total. The Bertz CT molecular complexity index is 546. The molecule has 0 aliphatic carbocycles. The predicted molar refractivity (Wildman–Crippen MR) is 123 cm³/mol. The summed E-state index contributed by atoms with van der Waals surface area (Å²) in [4.78, 5) is 9.23. The van der Waals surface area contributed by atoms with Gasteiger partial charge in [-0.25, -0.2) is 0 Å². The quantitative estimate of drug-likeness (QED) is 0.205. The molecule has 2 rings (SSSR count). The molecule has 26 heavy (non-hydrogen) atoms. The third-order valence-electron chi connectivity index (χ3n) is 5.04. The lowest BCUT2D eigenvalue weighted by Gasteiger charge is -2.23. The molecule has 1 aromatic rings. The summed E-state index contributed by atoms with van der Waals surface area (Å²) in [6.45, 7) is 10.3. The van der Waals surface area contributed by atoms with E-state index in [1.165, 1.54) is 12.0 Å². The number of nitrogens with zero attached hydrogens (tertiary/aromatic N) is 3. The first kappa shape index (κ1) is 23.0. The summed E-state index contributed by atoms with van der Waals surface area (Å²) in [5, 5.41) is 3.57. The number of hydrogen-bond donors (Lipinski definition) is 1. The van der Waals surface area contributed by atoms with E-state index in [1.807, 2.05) is 13.1 Å². The van der Waals surface area contributed by atoms with Crippen molar-refractivity contribution < 1.29 is 0 Å². The highest BCUT2D eigenvalue weighted by Crippen LogP contribution is 2.24. The van der Waals surface area contributed by atoms with Gasteiger partial charge in [0.25, 0.3) is 0 Å². The smallest absolute Gasteiger partial charge is 0.193 e. The summed E-state index contributed by atoms with van der Waals surface area (Å²) < 4.78 is 0. The lowest BCUT2D eigenvalue weighted by Crippen LogP contribution is -2.41. The fourth-order valence-corrected chi connectivity index (χ4v) is 3.60. The van der Waals surface area contributed by atoms with Crippen LogP contribution in [-0.2, 0) is 6.54 Å². The van der Waals surface area contributed by atoms with Gasteiger partial charge in [0, 0.05) is 46.3 Å². The molecule has 1 aliphatic rings. The van der Waals surface area contributed by atoms with Gasteiger partial charge in [0.1, 0.15) is 0 Å². The minimum atomic E-state index is 0. The van der Waals surface area contributed by atoms with E-state index in [2.05, 4.69) is 71.0 Å². The second-order valence-electron chi connectivity index (χ2n) is 7.15. The molecule has 5 heteroatoms. The highest BCUT2D eigenvalue weighted by atomic mass is 127. The fourth-order valence-electron chi connectivity index (χ4n) is 3.60. The van der Waals surface area contributed by atoms with E-state index >= 15 is 0 Å². The first-order chi connectivity index (χ1) is 12.1. The van der Waals surface area contributed by atoms with Gasteiger partial charge in [-0.15, -0.1) is 30.6 Å². The highest BCUT2D eigenvalue weighted by molar-refractivity contribution is 14.0. The van der Waals surface area contributed by atoms with Crippen LogP contribution in [0.4, 0.5) is 0 Å². The van der Waals surface area contributed by atoms with Crippen molar-refractivity contribution in [1.82, 2.24) is 15.1 Å². The van der Waals surface area contributed by atoms with E-state index < -0.39 is 0 Å². The second kappa shape index (κ2) is 12.3. The third-order valence-corrected chi connectivity index (χ3v) is 5.04. The fraction of sp³-hybridized carbons (Fsp3) is 0.571. The van der Waals surface area contributed by atoms with Crippen molar-refractivity contribution in [3.05, 3.63) is 48.6 Å². The number of rotatable bonds is 8. The maximum Gasteiger partial charge on any atom is 0.193 e. The van der Waals surface area contributed by atoms with Gasteiger partial charge in [-0.2, -0.15) is 0 Å². The lowest BCUT2D eigenvalue weighted by molar-refractivity contribution is 0.255. The van der Waals surface area contributed by atoms with Crippen molar-refractivity contribution in [1.29, 1.82) is 0 Å².